The van der Waals surface area contributed by atoms with Gasteiger partial charge in [0.2, 0.25) is 0 Å². The van der Waals surface area contributed by atoms with E-state index in [-0.39, 0.29) is 27.1 Å². The highest BCUT2D eigenvalue weighted by atomic mass is 79.9. The summed E-state index contributed by atoms with van der Waals surface area (Å²) in [5, 5.41) is 0. The third-order valence-corrected chi connectivity index (χ3v) is 3.47. The minimum absolute atomic E-state index is 0.0415. The molecular formula is C13H9BrF2N4O. The van der Waals surface area contributed by atoms with Gasteiger partial charge in [0.15, 0.2) is 22.8 Å². The standard InChI is InChI=1S/C13H9BrF2N4O/c1-5-17-12-10(13(21)18-5)19-6(2)20(12)11-8(15)3-7(14)4-9(11)16/h3-4H,1-2H3,(H,17,18,21). The van der Waals surface area contributed by atoms with Gasteiger partial charge in [0.1, 0.15) is 17.3 Å². The van der Waals surface area contributed by atoms with Crippen LogP contribution in [0.25, 0.3) is 16.9 Å². The molecule has 0 atom stereocenters. The van der Waals surface area contributed by atoms with Gasteiger partial charge in [-0.15, -0.1) is 0 Å². The molecule has 0 aliphatic heterocycles. The van der Waals surface area contributed by atoms with Gasteiger partial charge in [-0.3, -0.25) is 9.36 Å². The number of imidazole rings is 1. The zero-order valence-corrected chi connectivity index (χ0v) is 12.6. The van der Waals surface area contributed by atoms with Crippen molar-refractivity contribution in [3.63, 3.8) is 0 Å². The van der Waals surface area contributed by atoms with E-state index in [0.717, 1.165) is 12.1 Å². The maximum absolute atomic E-state index is 14.2. The number of aromatic amines is 1. The Labute approximate surface area is 125 Å². The SMILES string of the molecule is Cc1nc2c(nc(C)n2-c2c(F)cc(Br)cc2F)c(=O)[nH]1. The Morgan fingerprint density at radius 2 is 1.81 bits per heavy atom. The summed E-state index contributed by atoms with van der Waals surface area (Å²) in [4.78, 5) is 22.5. The molecule has 0 amide bonds. The van der Waals surface area contributed by atoms with Crippen LogP contribution in [0.15, 0.2) is 21.4 Å². The lowest BCUT2D eigenvalue weighted by Gasteiger charge is -2.09. The first-order valence-electron chi connectivity index (χ1n) is 5.99. The Balaban J connectivity index is 2.47. The number of halogens is 3. The Bertz CT molecular complexity index is 909. The lowest BCUT2D eigenvalue weighted by atomic mass is 10.3. The van der Waals surface area contributed by atoms with E-state index in [1.54, 1.807) is 13.8 Å². The van der Waals surface area contributed by atoms with Crippen LogP contribution >= 0.6 is 15.9 Å². The topological polar surface area (TPSA) is 63.6 Å². The Hall–Kier alpha value is -2.09. The summed E-state index contributed by atoms with van der Waals surface area (Å²) in [5.74, 6) is -0.937. The van der Waals surface area contributed by atoms with Gasteiger partial charge in [-0.1, -0.05) is 15.9 Å². The summed E-state index contributed by atoms with van der Waals surface area (Å²) < 4.78 is 29.8. The molecule has 0 bridgehead atoms. The van der Waals surface area contributed by atoms with Crippen molar-refractivity contribution in [3.05, 3.63) is 50.2 Å². The lowest BCUT2D eigenvalue weighted by molar-refractivity contribution is 0.567. The summed E-state index contributed by atoms with van der Waals surface area (Å²) in [6.45, 7) is 3.14. The third-order valence-electron chi connectivity index (χ3n) is 3.01. The largest absolute Gasteiger partial charge is 0.309 e. The molecule has 1 aromatic carbocycles. The van der Waals surface area contributed by atoms with Crippen LogP contribution in [0, 0.1) is 25.5 Å². The predicted octanol–water partition coefficient (Wildman–Crippen LogP) is 2.77. The first kappa shape index (κ1) is 13.9. The average molecular weight is 355 g/mol. The van der Waals surface area contributed by atoms with Crippen LogP contribution in [-0.4, -0.2) is 19.5 Å². The molecule has 3 aromatic rings. The second-order valence-corrected chi connectivity index (χ2v) is 5.45. The summed E-state index contributed by atoms with van der Waals surface area (Å²) in [6.07, 6.45) is 0. The summed E-state index contributed by atoms with van der Waals surface area (Å²) in [5.41, 5.74) is -0.596. The van der Waals surface area contributed by atoms with Crippen molar-refractivity contribution in [2.45, 2.75) is 13.8 Å². The third kappa shape index (κ3) is 2.15. The van der Waals surface area contributed by atoms with Crippen molar-refractivity contribution in [3.8, 4) is 5.69 Å². The molecule has 0 radical (unpaired) electrons. The fourth-order valence-electron chi connectivity index (χ4n) is 2.20. The Kier molecular flexibility index (Phi) is 3.12. The number of rotatable bonds is 1. The van der Waals surface area contributed by atoms with Crippen molar-refractivity contribution in [2.75, 3.05) is 0 Å². The van der Waals surface area contributed by atoms with Gasteiger partial charge in [-0.05, 0) is 26.0 Å². The molecule has 108 valence electrons. The highest BCUT2D eigenvalue weighted by molar-refractivity contribution is 9.10. The maximum Gasteiger partial charge on any atom is 0.279 e. The number of hydrogen-bond donors (Lipinski definition) is 1. The zero-order chi connectivity index (χ0) is 15.3. The molecule has 21 heavy (non-hydrogen) atoms. The molecule has 0 unspecified atom stereocenters. The monoisotopic (exact) mass is 354 g/mol. The van der Waals surface area contributed by atoms with Crippen LogP contribution < -0.4 is 5.56 Å². The normalized spacial score (nSPS) is 11.3. The Morgan fingerprint density at radius 1 is 1.19 bits per heavy atom. The van der Waals surface area contributed by atoms with Crippen LogP contribution in [0.5, 0.6) is 0 Å². The number of hydrogen-bond acceptors (Lipinski definition) is 3. The van der Waals surface area contributed by atoms with Crippen LogP contribution in [0.2, 0.25) is 0 Å². The molecule has 0 aliphatic carbocycles. The molecule has 0 spiro atoms. The van der Waals surface area contributed by atoms with E-state index in [1.165, 1.54) is 4.57 Å². The number of nitrogens with zero attached hydrogens (tertiary/aromatic N) is 3. The molecular weight excluding hydrogens is 346 g/mol. The number of H-pyrrole nitrogens is 1. The van der Waals surface area contributed by atoms with E-state index >= 15 is 0 Å². The van der Waals surface area contributed by atoms with E-state index in [1.807, 2.05) is 0 Å². The average Bonchev–Trinajstić information content (AvgIpc) is 2.66. The van der Waals surface area contributed by atoms with Crippen molar-refractivity contribution >= 4 is 27.1 Å². The van der Waals surface area contributed by atoms with E-state index in [0.29, 0.717) is 5.82 Å². The van der Waals surface area contributed by atoms with Crippen molar-refractivity contribution < 1.29 is 8.78 Å². The van der Waals surface area contributed by atoms with Crippen LogP contribution in [-0.2, 0) is 0 Å². The maximum atomic E-state index is 14.2. The van der Waals surface area contributed by atoms with Gasteiger partial charge in [0, 0.05) is 4.47 Å². The molecule has 1 N–H and O–H groups in total. The highest BCUT2D eigenvalue weighted by Gasteiger charge is 2.20. The molecule has 5 nitrogen and oxygen atoms in total. The number of fused-ring (bicyclic) bond motifs is 1. The summed E-state index contributed by atoms with van der Waals surface area (Å²) in [7, 11) is 0. The quantitative estimate of drug-likeness (QED) is 0.730. The molecule has 0 fully saturated rings. The predicted molar refractivity (Wildman–Crippen MR) is 76.6 cm³/mol. The number of nitrogens with one attached hydrogen (secondary N) is 1. The fourth-order valence-corrected chi connectivity index (χ4v) is 2.60. The van der Waals surface area contributed by atoms with E-state index in [2.05, 4.69) is 30.9 Å². The van der Waals surface area contributed by atoms with Crippen LogP contribution in [0.3, 0.4) is 0 Å². The van der Waals surface area contributed by atoms with Gasteiger partial charge in [-0.25, -0.2) is 18.7 Å². The van der Waals surface area contributed by atoms with Gasteiger partial charge in [-0.2, -0.15) is 0 Å². The zero-order valence-electron chi connectivity index (χ0n) is 11.0. The van der Waals surface area contributed by atoms with E-state index in [4.69, 9.17) is 0 Å². The van der Waals surface area contributed by atoms with Crippen molar-refractivity contribution in [2.24, 2.45) is 0 Å². The minimum atomic E-state index is -0.774. The number of aryl methyl sites for hydroxylation is 2. The second kappa shape index (κ2) is 4.73. The summed E-state index contributed by atoms with van der Waals surface area (Å²) >= 11 is 3.03. The van der Waals surface area contributed by atoms with Gasteiger partial charge >= 0.3 is 0 Å². The first-order chi connectivity index (χ1) is 9.88. The minimum Gasteiger partial charge on any atom is -0.309 e. The molecule has 2 aromatic heterocycles. The molecule has 0 aliphatic rings. The van der Waals surface area contributed by atoms with Gasteiger partial charge in [0.05, 0.1) is 0 Å². The number of benzene rings is 1. The molecule has 0 saturated heterocycles. The van der Waals surface area contributed by atoms with E-state index in [9.17, 15) is 13.6 Å². The lowest BCUT2D eigenvalue weighted by Crippen LogP contribution is -2.11. The highest BCUT2D eigenvalue weighted by Crippen LogP contribution is 2.26. The first-order valence-corrected chi connectivity index (χ1v) is 6.78. The molecule has 8 heteroatoms. The van der Waals surface area contributed by atoms with Crippen LogP contribution in [0.1, 0.15) is 11.6 Å². The van der Waals surface area contributed by atoms with Crippen molar-refractivity contribution in [1.29, 1.82) is 0 Å². The second-order valence-electron chi connectivity index (χ2n) is 4.54. The Morgan fingerprint density at radius 3 is 2.43 bits per heavy atom. The summed E-state index contributed by atoms with van der Waals surface area (Å²) in [6, 6.07) is 2.29. The smallest absolute Gasteiger partial charge is 0.279 e. The molecule has 0 saturated carbocycles. The molecule has 3 rings (SSSR count). The van der Waals surface area contributed by atoms with Gasteiger partial charge in [0.25, 0.3) is 5.56 Å². The van der Waals surface area contributed by atoms with Crippen molar-refractivity contribution in [1.82, 2.24) is 19.5 Å². The van der Waals surface area contributed by atoms with Crippen LogP contribution in [0.4, 0.5) is 8.78 Å². The number of aromatic nitrogens is 4. The fraction of sp³-hybridized carbons (Fsp3) is 0.154. The molecule has 2 heterocycles. The van der Waals surface area contributed by atoms with Gasteiger partial charge < -0.3 is 4.98 Å². The van der Waals surface area contributed by atoms with E-state index < -0.39 is 17.2 Å².